The smallest absolute Gasteiger partial charge is 0.160 e. The largest absolute Gasteiger partial charge is 0.504 e. The number of hydrogen-bond acceptors (Lipinski definition) is 5. The van der Waals surface area contributed by atoms with Crippen LogP contribution >= 0.6 is 0 Å². The van der Waals surface area contributed by atoms with E-state index in [0.717, 1.165) is 44.3 Å². The summed E-state index contributed by atoms with van der Waals surface area (Å²) in [6.45, 7) is 2.00. The van der Waals surface area contributed by atoms with Crippen LogP contribution in [0, 0.1) is 0 Å². The topological polar surface area (TPSA) is 62.2 Å². The van der Waals surface area contributed by atoms with Gasteiger partial charge in [0.25, 0.3) is 0 Å². The number of rotatable bonds is 2. The van der Waals surface area contributed by atoms with Crippen molar-refractivity contribution < 1.29 is 19.7 Å². The SMILES string of the molecule is COc1cc2c(cc1O)C13CC(OC)C(O)C=C1CCN3CCC2. The predicted molar refractivity (Wildman–Crippen MR) is 90.4 cm³/mol. The third-order valence-corrected chi connectivity index (χ3v) is 6.00. The van der Waals surface area contributed by atoms with Gasteiger partial charge in [0.15, 0.2) is 11.5 Å². The van der Waals surface area contributed by atoms with Crippen molar-refractivity contribution >= 4 is 0 Å². The van der Waals surface area contributed by atoms with E-state index in [4.69, 9.17) is 9.47 Å². The Morgan fingerprint density at radius 1 is 1.21 bits per heavy atom. The second-order valence-electron chi connectivity index (χ2n) is 7.04. The van der Waals surface area contributed by atoms with Gasteiger partial charge in [0.2, 0.25) is 0 Å². The Morgan fingerprint density at radius 3 is 2.79 bits per heavy atom. The fourth-order valence-corrected chi connectivity index (χ4v) is 4.87. The van der Waals surface area contributed by atoms with Crippen LogP contribution in [0.25, 0.3) is 0 Å². The fraction of sp³-hybridized carbons (Fsp3) is 0.579. The monoisotopic (exact) mass is 331 g/mol. The number of fused-ring (bicyclic) bond motifs is 1. The van der Waals surface area contributed by atoms with Crippen LogP contribution < -0.4 is 4.74 Å². The average Bonchev–Trinajstić information content (AvgIpc) is 2.86. The molecule has 3 atom stereocenters. The van der Waals surface area contributed by atoms with Crippen LogP contribution in [0.4, 0.5) is 0 Å². The van der Waals surface area contributed by atoms with Gasteiger partial charge in [-0.25, -0.2) is 0 Å². The van der Waals surface area contributed by atoms with Crippen molar-refractivity contribution in [1.29, 1.82) is 0 Å². The Morgan fingerprint density at radius 2 is 2.04 bits per heavy atom. The van der Waals surface area contributed by atoms with Gasteiger partial charge in [-0.3, -0.25) is 4.90 Å². The van der Waals surface area contributed by atoms with Crippen LogP contribution in [0.15, 0.2) is 23.8 Å². The van der Waals surface area contributed by atoms with E-state index in [-0.39, 0.29) is 17.4 Å². The number of hydrogen-bond donors (Lipinski definition) is 2. The number of phenolic OH excluding ortho intramolecular Hbond substituents is 1. The summed E-state index contributed by atoms with van der Waals surface area (Å²) >= 11 is 0. The van der Waals surface area contributed by atoms with Crippen LogP contribution in [0.1, 0.15) is 30.4 Å². The zero-order valence-corrected chi connectivity index (χ0v) is 14.3. The molecular formula is C19H25NO4. The second kappa shape index (κ2) is 5.76. The first kappa shape index (κ1) is 15.9. The van der Waals surface area contributed by atoms with Gasteiger partial charge >= 0.3 is 0 Å². The third-order valence-electron chi connectivity index (χ3n) is 6.00. The van der Waals surface area contributed by atoms with Crippen LogP contribution in [-0.4, -0.2) is 54.6 Å². The molecule has 0 aromatic heterocycles. The molecule has 4 rings (SSSR count). The van der Waals surface area contributed by atoms with Crippen molar-refractivity contribution in [2.45, 2.75) is 43.4 Å². The maximum Gasteiger partial charge on any atom is 0.160 e. The molecule has 2 aliphatic heterocycles. The van der Waals surface area contributed by atoms with Gasteiger partial charge < -0.3 is 19.7 Å². The third kappa shape index (κ3) is 2.11. The highest BCUT2D eigenvalue weighted by Gasteiger charge is 2.52. The van der Waals surface area contributed by atoms with E-state index in [1.807, 2.05) is 18.2 Å². The van der Waals surface area contributed by atoms with Crippen LogP contribution in [0.2, 0.25) is 0 Å². The van der Waals surface area contributed by atoms with Crippen molar-refractivity contribution in [2.24, 2.45) is 0 Å². The summed E-state index contributed by atoms with van der Waals surface area (Å²) in [7, 11) is 3.24. The number of aryl methyl sites for hydroxylation is 1. The minimum Gasteiger partial charge on any atom is -0.504 e. The van der Waals surface area contributed by atoms with Crippen molar-refractivity contribution in [2.75, 3.05) is 27.3 Å². The van der Waals surface area contributed by atoms with Gasteiger partial charge in [-0.05, 0) is 54.6 Å². The highest BCUT2D eigenvalue weighted by atomic mass is 16.5. The molecule has 24 heavy (non-hydrogen) atoms. The molecule has 0 amide bonds. The Bertz CT molecular complexity index is 686. The van der Waals surface area contributed by atoms with Crippen molar-refractivity contribution in [3.8, 4) is 11.5 Å². The lowest BCUT2D eigenvalue weighted by Gasteiger charge is -2.45. The number of aliphatic hydroxyl groups is 1. The first-order valence-corrected chi connectivity index (χ1v) is 8.67. The molecule has 1 fully saturated rings. The Balaban J connectivity index is 1.93. The molecule has 1 saturated heterocycles. The molecule has 5 heteroatoms. The molecule has 5 nitrogen and oxygen atoms in total. The zero-order chi connectivity index (χ0) is 16.9. The van der Waals surface area contributed by atoms with Gasteiger partial charge in [-0.15, -0.1) is 0 Å². The molecule has 2 heterocycles. The van der Waals surface area contributed by atoms with Crippen molar-refractivity contribution in [3.63, 3.8) is 0 Å². The van der Waals surface area contributed by atoms with Gasteiger partial charge in [0, 0.05) is 20.1 Å². The van der Waals surface area contributed by atoms with E-state index >= 15 is 0 Å². The standard InChI is InChI=1S/C19H25NO4/c1-23-17-8-12-4-3-6-20-7-5-13-9-15(21)18(24-2)11-19(13,20)14(12)10-16(17)22/h8-10,15,18,21-22H,3-7,11H2,1-2H3. The lowest BCUT2D eigenvalue weighted by atomic mass is 9.72. The Labute approximate surface area is 142 Å². The van der Waals surface area contributed by atoms with Crippen molar-refractivity contribution in [1.82, 2.24) is 4.90 Å². The molecule has 130 valence electrons. The van der Waals surface area contributed by atoms with E-state index in [0.29, 0.717) is 5.75 Å². The average molecular weight is 331 g/mol. The van der Waals surface area contributed by atoms with E-state index in [1.54, 1.807) is 14.2 Å². The highest BCUT2D eigenvalue weighted by molar-refractivity contribution is 5.54. The summed E-state index contributed by atoms with van der Waals surface area (Å²) in [6, 6.07) is 3.85. The molecule has 0 bridgehead atoms. The number of benzene rings is 1. The van der Waals surface area contributed by atoms with E-state index < -0.39 is 6.10 Å². The lowest BCUT2D eigenvalue weighted by molar-refractivity contribution is -0.0318. The number of methoxy groups -OCH3 is 2. The van der Waals surface area contributed by atoms with Gasteiger partial charge in [-0.2, -0.15) is 0 Å². The minimum atomic E-state index is -0.561. The lowest BCUT2D eigenvalue weighted by Crippen LogP contribution is -2.49. The molecule has 1 spiro atoms. The number of aliphatic hydroxyl groups excluding tert-OH is 1. The van der Waals surface area contributed by atoms with E-state index in [9.17, 15) is 10.2 Å². The highest BCUT2D eigenvalue weighted by Crippen LogP contribution is 2.53. The van der Waals surface area contributed by atoms with Gasteiger partial charge in [0.05, 0.1) is 24.9 Å². The molecule has 3 aliphatic rings. The molecule has 0 radical (unpaired) electrons. The Kier molecular flexibility index (Phi) is 3.82. The molecule has 1 aliphatic carbocycles. The normalized spacial score (nSPS) is 32.4. The first-order valence-electron chi connectivity index (χ1n) is 8.67. The fourth-order valence-electron chi connectivity index (χ4n) is 4.87. The summed E-state index contributed by atoms with van der Waals surface area (Å²) < 4.78 is 10.9. The van der Waals surface area contributed by atoms with Crippen molar-refractivity contribution in [3.05, 3.63) is 34.9 Å². The van der Waals surface area contributed by atoms with Crippen LogP contribution in [0.5, 0.6) is 11.5 Å². The first-order chi connectivity index (χ1) is 11.6. The summed E-state index contributed by atoms with van der Waals surface area (Å²) in [5.74, 6) is 0.708. The van der Waals surface area contributed by atoms with E-state index in [2.05, 4.69) is 4.90 Å². The number of phenols is 1. The number of aromatic hydroxyl groups is 1. The maximum atomic E-state index is 10.4. The maximum absolute atomic E-state index is 10.4. The van der Waals surface area contributed by atoms with Crippen LogP contribution in [0.3, 0.4) is 0 Å². The molecule has 1 aromatic carbocycles. The molecular weight excluding hydrogens is 306 g/mol. The predicted octanol–water partition coefficient (Wildman–Crippen LogP) is 1.95. The van der Waals surface area contributed by atoms with Crippen LogP contribution in [-0.2, 0) is 16.7 Å². The molecule has 3 unspecified atom stereocenters. The Hall–Kier alpha value is -1.56. The van der Waals surface area contributed by atoms with E-state index in [1.165, 1.54) is 11.1 Å². The molecule has 0 saturated carbocycles. The molecule has 2 N–H and O–H groups in total. The summed E-state index contributed by atoms with van der Waals surface area (Å²) in [4.78, 5) is 2.51. The van der Waals surface area contributed by atoms with Gasteiger partial charge in [-0.1, -0.05) is 6.08 Å². The number of ether oxygens (including phenoxy) is 2. The quantitative estimate of drug-likeness (QED) is 0.811. The zero-order valence-electron chi connectivity index (χ0n) is 14.3. The summed E-state index contributed by atoms with van der Waals surface area (Å²) in [6.07, 6.45) is 4.91. The second-order valence-corrected chi connectivity index (χ2v) is 7.04. The van der Waals surface area contributed by atoms with Gasteiger partial charge in [0.1, 0.15) is 0 Å². The molecule has 1 aromatic rings. The summed E-state index contributed by atoms with van der Waals surface area (Å²) in [5.41, 5.74) is 3.37. The number of nitrogens with zero attached hydrogens (tertiary/aromatic N) is 1. The summed E-state index contributed by atoms with van der Waals surface area (Å²) in [5, 5.41) is 20.8. The minimum absolute atomic E-state index is 0.179.